The van der Waals surface area contributed by atoms with Gasteiger partial charge in [0.2, 0.25) is 5.91 Å². The van der Waals surface area contributed by atoms with Gasteiger partial charge < -0.3 is 15.5 Å². The van der Waals surface area contributed by atoms with Crippen LogP contribution in [0.2, 0.25) is 0 Å². The number of nitrogens with zero attached hydrogens (tertiary/aromatic N) is 5. The SMILES string of the molecule is C=CC(=O)N1CCc2nn(Cc3ccccc3)c3c2[C@@H](C1)N(C(=O)c1cnc(C(F)(F)F)cc1N)CC3. The first-order valence-electron chi connectivity index (χ1n) is 11.8. The van der Waals surface area contributed by atoms with Gasteiger partial charge in [-0.2, -0.15) is 18.3 Å². The maximum atomic E-state index is 13.6. The molecule has 11 heteroatoms. The molecular formula is C26H25F3N6O2. The molecule has 0 spiro atoms. The van der Waals surface area contributed by atoms with Crippen LogP contribution < -0.4 is 5.73 Å². The van der Waals surface area contributed by atoms with E-state index in [4.69, 9.17) is 10.8 Å². The van der Waals surface area contributed by atoms with Crippen LogP contribution in [-0.4, -0.2) is 56.0 Å². The average molecular weight is 511 g/mol. The number of pyridine rings is 1. The van der Waals surface area contributed by atoms with Crippen LogP contribution in [0.3, 0.4) is 0 Å². The zero-order valence-corrected chi connectivity index (χ0v) is 19.9. The molecule has 192 valence electrons. The highest BCUT2D eigenvalue weighted by Crippen LogP contribution is 2.38. The fourth-order valence-electron chi connectivity index (χ4n) is 5.09. The van der Waals surface area contributed by atoms with Crippen molar-refractivity contribution in [3.8, 4) is 0 Å². The predicted molar refractivity (Wildman–Crippen MR) is 129 cm³/mol. The number of halogens is 3. The number of carbonyl (C=O) groups is 2. The van der Waals surface area contributed by atoms with Crippen LogP contribution >= 0.6 is 0 Å². The lowest BCUT2D eigenvalue weighted by Gasteiger charge is -2.38. The minimum atomic E-state index is -4.68. The van der Waals surface area contributed by atoms with Gasteiger partial charge in [0.05, 0.1) is 23.8 Å². The number of nitrogens with two attached hydrogens (primary N) is 1. The number of anilines is 1. The molecule has 1 aromatic carbocycles. The van der Waals surface area contributed by atoms with Crippen molar-refractivity contribution in [1.82, 2.24) is 24.6 Å². The van der Waals surface area contributed by atoms with E-state index < -0.39 is 23.8 Å². The lowest BCUT2D eigenvalue weighted by molar-refractivity contribution is -0.141. The number of hydrogen-bond acceptors (Lipinski definition) is 5. The number of rotatable bonds is 4. The van der Waals surface area contributed by atoms with Gasteiger partial charge in [0, 0.05) is 55.6 Å². The molecule has 5 rings (SSSR count). The summed E-state index contributed by atoms with van der Waals surface area (Å²) < 4.78 is 41.2. The van der Waals surface area contributed by atoms with Crippen molar-refractivity contribution in [2.75, 3.05) is 25.4 Å². The normalized spacial score (nSPS) is 17.2. The molecule has 0 saturated heterocycles. The summed E-state index contributed by atoms with van der Waals surface area (Å²) in [6.07, 6.45) is -1.57. The standard InChI is InChI=1S/C26H25F3N6O2/c1-2-23(36)33-10-8-19-24-20(35(32-19)14-16-6-4-3-5-7-16)9-11-34(21(24)15-33)25(37)17-13-31-22(12-18(17)30)26(27,28)29/h2-7,12-13,21H,1,8-11,14-15H2,(H2,30,31)/t21-/m1/s1. The van der Waals surface area contributed by atoms with Crippen LogP contribution in [-0.2, 0) is 30.4 Å². The zero-order valence-electron chi connectivity index (χ0n) is 19.9. The van der Waals surface area contributed by atoms with Crippen LogP contribution in [0.5, 0.6) is 0 Å². The highest BCUT2D eigenvalue weighted by atomic mass is 19.4. The Morgan fingerprint density at radius 3 is 2.59 bits per heavy atom. The van der Waals surface area contributed by atoms with Crippen molar-refractivity contribution in [2.24, 2.45) is 0 Å². The van der Waals surface area contributed by atoms with Crippen molar-refractivity contribution < 1.29 is 22.8 Å². The highest BCUT2D eigenvalue weighted by molar-refractivity contribution is 5.99. The van der Waals surface area contributed by atoms with E-state index in [0.29, 0.717) is 32.0 Å². The van der Waals surface area contributed by atoms with Crippen molar-refractivity contribution in [3.05, 3.63) is 89.0 Å². The molecule has 2 aliphatic heterocycles. The molecule has 8 nitrogen and oxygen atoms in total. The van der Waals surface area contributed by atoms with Crippen LogP contribution in [0.25, 0.3) is 0 Å². The third-order valence-corrected chi connectivity index (χ3v) is 6.86. The summed E-state index contributed by atoms with van der Waals surface area (Å²) in [4.78, 5) is 32.8. The minimum Gasteiger partial charge on any atom is -0.398 e. The second-order valence-corrected chi connectivity index (χ2v) is 9.11. The number of hydrogen-bond donors (Lipinski definition) is 1. The fraction of sp³-hybridized carbons (Fsp3) is 0.308. The Labute approximate surface area is 211 Å². The van der Waals surface area contributed by atoms with Crippen molar-refractivity contribution in [2.45, 2.75) is 31.6 Å². The van der Waals surface area contributed by atoms with Gasteiger partial charge in [0.15, 0.2) is 0 Å². The summed E-state index contributed by atoms with van der Waals surface area (Å²) in [7, 11) is 0. The Morgan fingerprint density at radius 2 is 1.92 bits per heavy atom. The molecule has 0 aliphatic carbocycles. The predicted octanol–water partition coefficient (Wildman–Crippen LogP) is 3.24. The molecule has 2 N–H and O–H groups in total. The maximum Gasteiger partial charge on any atom is 0.433 e. The minimum absolute atomic E-state index is 0.111. The second-order valence-electron chi connectivity index (χ2n) is 9.11. The third kappa shape index (κ3) is 4.56. The first-order chi connectivity index (χ1) is 17.7. The lowest BCUT2D eigenvalue weighted by Crippen LogP contribution is -2.46. The van der Waals surface area contributed by atoms with Gasteiger partial charge >= 0.3 is 6.18 Å². The van der Waals surface area contributed by atoms with Crippen molar-refractivity contribution >= 4 is 17.5 Å². The molecule has 0 unspecified atom stereocenters. The second kappa shape index (κ2) is 9.38. The summed E-state index contributed by atoms with van der Waals surface area (Å²) >= 11 is 0. The van der Waals surface area contributed by atoms with E-state index in [1.54, 1.807) is 9.80 Å². The molecule has 2 aromatic heterocycles. The van der Waals surface area contributed by atoms with E-state index in [0.717, 1.165) is 28.7 Å². The molecule has 0 bridgehead atoms. The molecule has 37 heavy (non-hydrogen) atoms. The van der Waals surface area contributed by atoms with E-state index in [1.807, 2.05) is 35.0 Å². The number of carbonyl (C=O) groups excluding carboxylic acids is 2. The Hall–Kier alpha value is -4.15. The summed E-state index contributed by atoms with van der Waals surface area (Å²) in [5.41, 5.74) is 8.06. The summed E-state index contributed by atoms with van der Waals surface area (Å²) in [6.45, 7) is 5.04. The van der Waals surface area contributed by atoms with E-state index in [-0.39, 0.29) is 30.2 Å². The number of amides is 2. The lowest BCUT2D eigenvalue weighted by atomic mass is 9.94. The maximum absolute atomic E-state index is 13.6. The van der Waals surface area contributed by atoms with Crippen LogP contribution in [0.4, 0.5) is 18.9 Å². The zero-order chi connectivity index (χ0) is 26.3. The Bertz CT molecular complexity index is 1370. The molecule has 4 heterocycles. The topological polar surface area (TPSA) is 97.4 Å². The summed E-state index contributed by atoms with van der Waals surface area (Å²) in [5, 5.41) is 4.86. The molecule has 0 radical (unpaired) electrons. The fourth-order valence-corrected chi connectivity index (χ4v) is 5.09. The van der Waals surface area contributed by atoms with Gasteiger partial charge in [0.25, 0.3) is 5.91 Å². The van der Waals surface area contributed by atoms with E-state index in [2.05, 4.69) is 11.6 Å². The average Bonchev–Trinajstić information content (AvgIpc) is 3.11. The van der Waals surface area contributed by atoms with E-state index in [9.17, 15) is 22.8 Å². The third-order valence-electron chi connectivity index (χ3n) is 6.86. The van der Waals surface area contributed by atoms with E-state index >= 15 is 0 Å². The van der Waals surface area contributed by atoms with Crippen LogP contribution in [0.1, 0.15) is 44.6 Å². The van der Waals surface area contributed by atoms with Crippen LogP contribution in [0, 0.1) is 0 Å². The molecule has 3 aromatic rings. The van der Waals surface area contributed by atoms with Gasteiger partial charge in [-0.25, -0.2) is 0 Å². The van der Waals surface area contributed by atoms with Gasteiger partial charge in [-0.1, -0.05) is 36.9 Å². The summed E-state index contributed by atoms with van der Waals surface area (Å²) in [6, 6.07) is 10.0. The number of benzene rings is 1. The van der Waals surface area contributed by atoms with E-state index in [1.165, 1.54) is 6.08 Å². The highest BCUT2D eigenvalue weighted by Gasteiger charge is 2.40. The first-order valence-corrected chi connectivity index (χ1v) is 11.8. The smallest absolute Gasteiger partial charge is 0.398 e. The quantitative estimate of drug-likeness (QED) is 0.544. The molecule has 2 amide bonds. The number of nitrogen functional groups attached to an aromatic ring is 1. The van der Waals surface area contributed by atoms with Crippen LogP contribution in [0.15, 0.2) is 55.3 Å². The van der Waals surface area contributed by atoms with Crippen molar-refractivity contribution in [1.29, 1.82) is 0 Å². The van der Waals surface area contributed by atoms with Crippen molar-refractivity contribution in [3.63, 3.8) is 0 Å². The molecule has 2 aliphatic rings. The molecule has 0 saturated carbocycles. The first kappa shape index (κ1) is 24.5. The van der Waals surface area contributed by atoms with Gasteiger partial charge in [-0.05, 0) is 17.7 Å². The largest absolute Gasteiger partial charge is 0.433 e. The molecule has 0 fully saturated rings. The van der Waals surface area contributed by atoms with Gasteiger partial charge in [-0.3, -0.25) is 19.3 Å². The molecular weight excluding hydrogens is 485 g/mol. The monoisotopic (exact) mass is 510 g/mol. The number of alkyl halides is 3. The van der Waals surface area contributed by atoms with Gasteiger partial charge in [0.1, 0.15) is 5.69 Å². The molecule has 1 atom stereocenters. The Kier molecular flexibility index (Phi) is 6.22. The number of aromatic nitrogens is 3. The summed E-state index contributed by atoms with van der Waals surface area (Å²) in [5.74, 6) is -0.804. The Balaban J connectivity index is 1.53. The van der Waals surface area contributed by atoms with Gasteiger partial charge in [-0.15, -0.1) is 0 Å². The Morgan fingerprint density at radius 1 is 1.16 bits per heavy atom.